The molecule has 0 spiro atoms. The van der Waals surface area contributed by atoms with E-state index in [2.05, 4.69) is 10.0 Å². The van der Waals surface area contributed by atoms with E-state index in [1.165, 1.54) is 18.2 Å². The van der Waals surface area contributed by atoms with Gasteiger partial charge in [-0.05, 0) is 44.4 Å². The SMILES string of the molecule is CN(C)CCNC(=O)c1cccc(NS(=O)(=O)c2ccccc2)c1. The molecule has 2 rings (SSSR count). The molecule has 0 fully saturated rings. The Bertz CT molecular complexity index is 790. The predicted molar refractivity (Wildman–Crippen MR) is 94.6 cm³/mol. The average molecular weight is 347 g/mol. The third-order valence-corrected chi connectivity index (χ3v) is 4.67. The molecule has 0 atom stereocenters. The van der Waals surface area contributed by atoms with Crippen LogP contribution in [0.5, 0.6) is 0 Å². The number of amides is 1. The lowest BCUT2D eigenvalue weighted by Crippen LogP contribution is -2.31. The second kappa shape index (κ2) is 7.94. The summed E-state index contributed by atoms with van der Waals surface area (Å²) in [5.74, 6) is -0.238. The summed E-state index contributed by atoms with van der Waals surface area (Å²) in [6.45, 7) is 1.25. The fourth-order valence-electron chi connectivity index (χ4n) is 2.03. The summed E-state index contributed by atoms with van der Waals surface area (Å²) < 4.78 is 27.1. The van der Waals surface area contributed by atoms with Crippen molar-refractivity contribution in [2.45, 2.75) is 4.90 Å². The minimum atomic E-state index is -3.67. The van der Waals surface area contributed by atoms with E-state index in [4.69, 9.17) is 0 Å². The van der Waals surface area contributed by atoms with E-state index >= 15 is 0 Å². The van der Waals surface area contributed by atoms with E-state index in [0.717, 1.165) is 6.54 Å². The molecule has 1 amide bonds. The van der Waals surface area contributed by atoms with Crippen LogP contribution in [0.1, 0.15) is 10.4 Å². The second-order valence-corrected chi connectivity index (χ2v) is 7.24. The molecule has 24 heavy (non-hydrogen) atoms. The minimum absolute atomic E-state index is 0.172. The number of nitrogens with zero attached hydrogens (tertiary/aromatic N) is 1. The molecule has 6 nitrogen and oxygen atoms in total. The van der Waals surface area contributed by atoms with E-state index in [9.17, 15) is 13.2 Å². The van der Waals surface area contributed by atoms with Crippen molar-refractivity contribution in [3.05, 3.63) is 60.2 Å². The maximum atomic E-state index is 12.3. The molecule has 0 aromatic heterocycles. The van der Waals surface area contributed by atoms with Crippen molar-refractivity contribution < 1.29 is 13.2 Å². The van der Waals surface area contributed by atoms with Crippen molar-refractivity contribution in [2.24, 2.45) is 0 Å². The zero-order valence-corrected chi connectivity index (χ0v) is 14.5. The average Bonchev–Trinajstić information content (AvgIpc) is 2.55. The number of anilines is 1. The number of carbonyl (C=O) groups is 1. The molecule has 2 aromatic rings. The normalized spacial score (nSPS) is 11.3. The van der Waals surface area contributed by atoms with Gasteiger partial charge in [0.15, 0.2) is 0 Å². The van der Waals surface area contributed by atoms with Crippen LogP contribution in [-0.2, 0) is 10.0 Å². The first-order valence-electron chi connectivity index (χ1n) is 7.49. The summed E-state index contributed by atoms with van der Waals surface area (Å²) in [6.07, 6.45) is 0. The van der Waals surface area contributed by atoms with Crippen LogP contribution in [0.15, 0.2) is 59.5 Å². The molecule has 0 bridgehead atoms. The van der Waals surface area contributed by atoms with E-state index in [0.29, 0.717) is 17.8 Å². The van der Waals surface area contributed by atoms with Crippen LogP contribution in [0.4, 0.5) is 5.69 Å². The lowest BCUT2D eigenvalue weighted by atomic mass is 10.2. The van der Waals surface area contributed by atoms with Crippen LogP contribution >= 0.6 is 0 Å². The number of carbonyl (C=O) groups excluding carboxylic acids is 1. The van der Waals surface area contributed by atoms with Gasteiger partial charge in [-0.1, -0.05) is 24.3 Å². The Balaban J connectivity index is 2.09. The molecule has 7 heteroatoms. The highest BCUT2D eigenvalue weighted by atomic mass is 32.2. The molecule has 0 saturated heterocycles. The lowest BCUT2D eigenvalue weighted by molar-refractivity contribution is 0.0951. The van der Waals surface area contributed by atoms with Crippen LogP contribution < -0.4 is 10.0 Å². The van der Waals surface area contributed by atoms with Crippen molar-refractivity contribution in [2.75, 3.05) is 31.9 Å². The summed E-state index contributed by atoms with van der Waals surface area (Å²) in [4.78, 5) is 14.2. The lowest BCUT2D eigenvalue weighted by Gasteiger charge is -2.12. The highest BCUT2D eigenvalue weighted by Gasteiger charge is 2.14. The number of nitrogens with one attached hydrogen (secondary N) is 2. The highest BCUT2D eigenvalue weighted by Crippen LogP contribution is 2.17. The summed E-state index contributed by atoms with van der Waals surface area (Å²) in [6, 6.07) is 14.5. The number of benzene rings is 2. The molecule has 128 valence electrons. The van der Waals surface area contributed by atoms with Crippen LogP contribution in [0.25, 0.3) is 0 Å². The van der Waals surface area contributed by atoms with Gasteiger partial charge in [0.2, 0.25) is 0 Å². The maximum Gasteiger partial charge on any atom is 0.261 e. The Hall–Kier alpha value is -2.38. The summed E-state index contributed by atoms with van der Waals surface area (Å²) in [5, 5.41) is 2.79. The minimum Gasteiger partial charge on any atom is -0.351 e. The van der Waals surface area contributed by atoms with E-state index in [1.807, 2.05) is 19.0 Å². The Kier molecular flexibility index (Phi) is 5.94. The molecule has 0 radical (unpaired) electrons. The third-order valence-electron chi connectivity index (χ3n) is 3.28. The fourth-order valence-corrected chi connectivity index (χ4v) is 3.10. The first kappa shape index (κ1) is 18.0. The second-order valence-electron chi connectivity index (χ2n) is 5.56. The molecule has 0 saturated carbocycles. The molecular formula is C17H21N3O3S. The van der Waals surface area contributed by atoms with Crippen molar-refractivity contribution in [1.29, 1.82) is 0 Å². The molecule has 0 aliphatic rings. The quantitative estimate of drug-likeness (QED) is 0.800. The zero-order chi connectivity index (χ0) is 17.6. The number of sulfonamides is 1. The number of rotatable bonds is 7. The first-order valence-corrected chi connectivity index (χ1v) is 8.98. The Labute approximate surface area is 142 Å². The predicted octanol–water partition coefficient (Wildman–Crippen LogP) is 1.78. The van der Waals surface area contributed by atoms with Gasteiger partial charge in [0.25, 0.3) is 15.9 Å². The van der Waals surface area contributed by atoms with Gasteiger partial charge in [-0.25, -0.2) is 8.42 Å². The smallest absolute Gasteiger partial charge is 0.261 e. The van der Waals surface area contributed by atoms with Gasteiger partial charge in [-0.3, -0.25) is 9.52 Å². The molecule has 0 unspecified atom stereocenters. The summed E-state index contributed by atoms with van der Waals surface area (Å²) >= 11 is 0. The van der Waals surface area contributed by atoms with Crippen molar-refractivity contribution in [3.63, 3.8) is 0 Å². The fraction of sp³-hybridized carbons (Fsp3) is 0.235. The van der Waals surface area contributed by atoms with Gasteiger partial charge in [0.1, 0.15) is 0 Å². The monoisotopic (exact) mass is 347 g/mol. The first-order chi connectivity index (χ1) is 11.4. The number of likely N-dealkylation sites (N-methyl/N-ethyl adjacent to an activating group) is 1. The molecule has 0 heterocycles. The van der Waals surface area contributed by atoms with E-state index in [1.54, 1.807) is 36.4 Å². The third kappa shape index (κ3) is 5.07. The van der Waals surface area contributed by atoms with Crippen LogP contribution in [0.3, 0.4) is 0 Å². The van der Waals surface area contributed by atoms with Gasteiger partial charge in [-0.15, -0.1) is 0 Å². The Morgan fingerprint density at radius 2 is 1.75 bits per heavy atom. The van der Waals surface area contributed by atoms with Gasteiger partial charge >= 0.3 is 0 Å². The largest absolute Gasteiger partial charge is 0.351 e. The summed E-state index contributed by atoms with van der Waals surface area (Å²) in [7, 11) is 0.171. The molecule has 2 N–H and O–H groups in total. The van der Waals surface area contributed by atoms with Crippen molar-refractivity contribution >= 4 is 21.6 Å². The zero-order valence-electron chi connectivity index (χ0n) is 13.7. The van der Waals surface area contributed by atoms with Gasteiger partial charge in [0.05, 0.1) is 4.90 Å². The van der Waals surface area contributed by atoms with E-state index in [-0.39, 0.29) is 10.8 Å². The highest BCUT2D eigenvalue weighted by molar-refractivity contribution is 7.92. The van der Waals surface area contributed by atoms with E-state index < -0.39 is 10.0 Å². The van der Waals surface area contributed by atoms with Crippen LogP contribution in [0.2, 0.25) is 0 Å². The Morgan fingerprint density at radius 3 is 2.42 bits per heavy atom. The molecule has 0 aliphatic heterocycles. The van der Waals surface area contributed by atoms with Gasteiger partial charge < -0.3 is 10.2 Å². The standard InChI is InChI=1S/C17H21N3O3S/c1-20(2)12-11-18-17(21)14-7-6-8-15(13-14)19-24(22,23)16-9-4-3-5-10-16/h3-10,13,19H,11-12H2,1-2H3,(H,18,21). The Morgan fingerprint density at radius 1 is 1.04 bits per heavy atom. The number of hydrogen-bond donors (Lipinski definition) is 2. The van der Waals surface area contributed by atoms with Crippen LogP contribution in [0, 0.1) is 0 Å². The molecular weight excluding hydrogens is 326 g/mol. The summed E-state index contributed by atoms with van der Waals surface area (Å²) in [5.41, 5.74) is 0.751. The van der Waals surface area contributed by atoms with Crippen LogP contribution in [-0.4, -0.2) is 46.4 Å². The number of hydrogen-bond acceptors (Lipinski definition) is 4. The maximum absolute atomic E-state index is 12.3. The van der Waals surface area contributed by atoms with Gasteiger partial charge in [-0.2, -0.15) is 0 Å². The molecule has 0 aliphatic carbocycles. The molecule has 2 aromatic carbocycles. The van der Waals surface area contributed by atoms with Crippen molar-refractivity contribution in [1.82, 2.24) is 10.2 Å². The van der Waals surface area contributed by atoms with Gasteiger partial charge in [0, 0.05) is 24.3 Å². The topological polar surface area (TPSA) is 78.5 Å². The van der Waals surface area contributed by atoms with Crippen molar-refractivity contribution in [3.8, 4) is 0 Å².